The van der Waals surface area contributed by atoms with Gasteiger partial charge in [0.25, 0.3) is 0 Å². The number of benzene rings is 1. The Morgan fingerprint density at radius 1 is 1.06 bits per heavy atom. The molecule has 1 aromatic carbocycles. The second kappa shape index (κ2) is 14.7. The van der Waals surface area contributed by atoms with Crippen LogP contribution in [0.5, 0.6) is 5.75 Å². The fourth-order valence-corrected chi connectivity index (χ4v) is 4.16. The van der Waals surface area contributed by atoms with Crippen LogP contribution in [0.3, 0.4) is 0 Å². The Hall–Kier alpha value is -1.34. The number of hydrogen-bond acceptors (Lipinski definition) is 5. The van der Waals surface area contributed by atoms with Crippen LogP contribution in [0.15, 0.2) is 24.3 Å². The third-order valence-electron chi connectivity index (χ3n) is 6.08. The summed E-state index contributed by atoms with van der Waals surface area (Å²) in [6.07, 6.45) is 8.49. The molecular weight excluding hydrogens is 416 g/mol. The van der Waals surface area contributed by atoms with Gasteiger partial charge in [0, 0.05) is 31.3 Å². The number of amides is 1. The number of likely N-dealkylation sites (N-methyl/N-ethyl adjacent to an activating group) is 1. The molecule has 0 aromatic heterocycles. The number of aliphatic hydroxyl groups excluding tert-OH is 1. The smallest absolute Gasteiger partial charge is 0.410 e. The molecule has 2 rings (SSSR count). The van der Waals surface area contributed by atoms with Crippen LogP contribution >= 0.6 is 11.6 Å². The maximum Gasteiger partial charge on any atom is 0.415 e. The molecule has 0 bridgehead atoms. The predicted octanol–water partition coefficient (Wildman–Crippen LogP) is 4.97. The predicted molar refractivity (Wildman–Crippen MR) is 125 cm³/mol. The Kier molecular flexibility index (Phi) is 12.3. The highest BCUT2D eigenvalue weighted by Gasteiger charge is 2.27. The van der Waals surface area contributed by atoms with E-state index in [1.54, 1.807) is 29.2 Å². The zero-order chi connectivity index (χ0) is 22.5. The lowest BCUT2D eigenvalue weighted by Crippen LogP contribution is -2.42. The topological polar surface area (TPSA) is 62.2 Å². The van der Waals surface area contributed by atoms with Crippen molar-refractivity contribution in [3.63, 3.8) is 0 Å². The number of carbonyl (C=O) groups excluding carboxylic acids is 1. The summed E-state index contributed by atoms with van der Waals surface area (Å²) in [4.78, 5) is 16.4. The highest BCUT2D eigenvalue weighted by Crippen LogP contribution is 2.26. The third-order valence-corrected chi connectivity index (χ3v) is 6.34. The molecule has 0 heterocycles. The van der Waals surface area contributed by atoms with Crippen LogP contribution in [0.2, 0.25) is 5.02 Å². The van der Waals surface area contributed by atoms with E-state index >= 15 is 0 Å². The van der Waals surface area contributed by atoms with E-state index in [1.807, 2.05) is 7.05 Å². The molecule has 0 atom stereocenters. The summed E-state index contributed by atoms with van der Waals surface area (Å²) in [5.41, 5.74) is 0. The van der Waals surface area contributed by atoms with Crippen LogP contribution in [-0.4, -0.2) is 73.0 Å². The van der Waals surface area contributed by atoms with E-state index in [4.69, 9.17) is 26.2 Å². The van der Waals surface area contributed by atoms with Crippen molar-refractivity contribution in [1.29, 1.82) is 0 Å². The van der Waals surface area contributed by atoms with E-state index < -0.39 is 0 Å². The molecule has 1 aromatic rings. The highest BCUT2D eigenvalue weighted by atomic mass is 35.5. The summed E-state index contributed by atoms with van der Waals surface area (Å²) in [6.45, 7) is 6.03. The second-order valence-corrected chi connectivity index (χ2v) is 8.74. The Morgan fingerprint density at radius 2 is 1.74 bits per heavy atom. The van der Waals surface area contributed by atoms with Crippen LogP contribution in [0.1, 0.15) is 58.3 Å². The Morgan fingerprint density at radius 3 is 2.39 bits per heavy atom. The molecule has 6 nitrogen and oxygen atoms in total. The number of aliphatic hydroxyl groups is 1. The van der Waals surface area contributed by atoms with Gasteiger partial charge in [0.15, 0.2) is 0 Å². The standard InChI is InChI=1S/C24H39ClN2O4/c1-3-27(17-18-28)16-6-4-5-7-19-30-22-14-10-21(11-15-22)26(2)24(29)31-23-12-8-20(25)9-13-23/h8-9,12-13,21-22,28H,3-7,10-11,14-19H2,1-2H3/t21-,22-. The molecule has 7 heteroatoms. The van der Waals surface area contributed by atoms with Gasteiger partial charge in [-0.3, -0.25) is 0 Å². The molecule has 1 fully saturated rings. The average Bonchev–Trinajstić information content (AvgIpc) is 2.79. The van der Waals surface area contributed by atoms with Crippen molar-refractivity contribution < 1.29 is 19.4 Å². The van der Waals surface area contributed by atoms with Gasteiger partial charge in [-0.25, -0.2) is 4.79 Å². The molecule has 1 aliphatic rings. The highest BCUT2D eigenvalue weighted by molar-refractivity contribution is 6.30. The molecule has 0 saturated heterocycles. The minimum absolute atomic E-state index is 0.195. The van der Waals surface area contributed by atoms with Crippen molar-refractivity contribution >= 4 is 17.7 Å². The van der Waals surface area contributed by atoms with E-state index in [2.05, 4.69) is 11.8 Å². The van der Waals surface area contributed by atoms with Gasteiger partial charge in [-0.05, 0) is 75.9 Å². The van der Waals surface area contributed by atoms with Gasteiger partial charge in [0.05, 0.1) is 12.7 Å². The third kappa shape index (κ3) is 9.77. The molecule has 176 valence electrons. The van der Waals surface area contributed by atoms with Crippen LogP contribution in [0.4, 0.5) is 4.79 Å². The fourth-order valence-electron chi connectivity index (χ4n) is 4.03. The summed E-state index contributed by atoms with van der Waals surface area (Å²) >= 11 is 5.87. The summed E-state index contributed by atoms with van der Waals surface area (Å²) in [5.74, 6) is 0.508. The summed E-state index contributed by atoms with van der Waals surface area (Å²) < 4.78 is 11.5. The first-order valence-corrected chi connectivity index (χ1v) is 12.1. The van der Waals surface area contributed by atoms with Crippen molar-refractivity contribution in [3.8, 4) is 5.75 Å². The number of halogens is 1. The van der Waals surface area contributed by atoms with Crippen LogP contribution in [0.25, 0.3) is 0 Å². The average molecular weight is 455 g/mol. The van der Waals surface area contributed by atoms with Crippen molar-refractivity contribution in [3.05, 3.63) is 29.3 Å². The van der Waals surface area contributed by atoms with Gasteiger partial charge in [-0.1, -0.05) is 31.4 Å². The van der Waals surface area contributed by atoms with Crippen molar-refractivity contribution in [2.75, 3.05) is 39.9 Å². The number of ether oxygens (including phenoxy) is 2. The first kappa shape index (κ1) is 25.9. The molecule has 0 radical (unpaired) electrons. The number of nitrogens with zero attached hydrogens (tertiary/aromatic N) is 2. The van der Waals surface area contributed by atoms with Crippen molar-refractivity contribution in [1.82, 2.24) is 9.80 Å². The van der Waals surface area contributed by atoms with Gasteiger partial charge in [0.1, 0.15) is 5.75 Å². The number of hydrogen-bond donors (Lipinski definition) is 1. The Balaban J connectivity index is 1.54. The number of unbranched alkanes of at least 4 members (excludes halogenated alkanes) is 3. The van der Waals surface area contributed by atoms with Crippen molar-refractivity contribution in [2.24, 2.45) is 0 Å². The van der Waals surface area contributed by atoms with Gasteiger partial charge < -0.3 is 24.4 Å². The van der Waals surface area contributed by atoms with E-state index in [9.17, 15) is 4.79 Å². The molecule has 1 saturated carbocycles. The molecular formula is C24H39ClN2O4. The molecule has 0 aliphatic heterocycles. The van der Waals surface area contributed by atoms with E-state index in [0.717, 1.165) is 58.3 Å². The quantitative estimate of drug-likeness (QED) is 0.426. The van der Waals surface area contributed by atoms with Crippen LogP contribution in [0, 0.1) is 0 Å². The van der Waals surface area contributed by atoms with E-state index in [0.29, 0.717) is 16.9 Å². The Labute approximate surface area is 192 Å². The minimum atomic E-state index is -0.327. The monoisotopic (exact) mass is 454 g/mol. The zero-order valence-corrected chi connectivity index (χ0v) is 19.9. The van der Waals surface area contributed by atoms with Crippen molar-refractivity contribution in [2.45, 2.75) is 70.4 Å². The van der Waals surface area contributed by atoms with Gasteiger partial charge in [-0.2, -0.15) is 0 Å². The van der Waals surface area contributed by atoms with Gasteiger partial charge in [0.2, 0.25) is 0 Å². The molecule has 1 aliphatic carbocycles. The Bertz CT molecular complexity index is 621. The van der Waals surface area contributed by atoms with Crippen LogP contribution < -0.4 is 4.74 Å². The summed E-state index contributed by atoms with van der Waals surface area (Å²) in [6, 6.07) is 7.02. The van der Waals surface area contributed by atoms with E-state index in [1.165, 1.54) is 19.3 Å². The first-order valence-electron chi connectivity index (χ1n) is 11.7. The zero-order valence-electron chi connectivity index (χ0n) is 19.1. The van der Waals surface area contributed by atoms with E-state index in [-0.39, 0.29) is 18.7 Å². The lowest BCUT2D eigenvalue weighted by molar-refractivity contribution is 0.0104. The SMILES string of the molecule is CCN(CCO)CCCCCCO[C@H]1CC[C@H](N(C)C(=O)Oc2ccc(Cl)cc2)CC1. The molecule has 0 unspecified atom stereocenters. The largest absolute Gasteiger partial charge is 0.415 e. The molecule has 31 heavy (non-hydrogen) atoms. The molecule has 1 amide bonds. The maximum atomic E-state index is 12.4. The normalized spacial score (nSPS) is 18.9. The minimum Gasteiger partial charge on any atom is -0.410 e. The summed E-state index contributed by atoms with van der Waals surface area (Å²) in [7, 11) is 1.81. The van der Waals surface area contributed by atoms with Crippen LogP contribution in [-0.2, 0) is 4.74 Å². The molecule has 1 N–H and O–H groups in total. The fraction of sp³-hybridized carbons (Fsp3) is 0.708. The second-order valence-electron chi connectivity index (χ2n) is 8.31. The summed E-state index contributed by atoms with van der Waals surface area (Å²) in [5, 5.41) is 9.64. The number of carbonyl (C=O) groups is 1. The lowest BCUT2D eigenvalue weighted by Gasteiger charge is -2.34. The van der Waals surface area contributed by atoms with Gasteiger partial charge >= 0.3 is 6.09 Å². The van der Waals surface area contributed by atoms with Gasteiger partial charge in [-0.15, -0.1) is 0 Å². The molecule has 0 spiro atoms. The lowest BCUT2D eigenvalue weighted by atomic mass is 9.92. The first-order chi connectivity index (χ1) is 15.0. The number of rotatable bonds is 13. The maximum absolute atomic E-state index is 12.4.